The number of thiophene rings is 2. The van der Waals surface area contributed by atoms with E-state index in [9.17, 15) is 0 Å². The molecule has 2 heterocycles. The van der Waals surface area contributed by atoms with Gasteiger partial charge in [-0.15, -0.1) is 22.7 Å². The Balaban J connectivity index is 1.85. The van der Waals surface area contributed by atoms with Gasteiger partial charge in [0.2, 0.25) is 0 Å². The standard InChI is InChI=1S/C17H19NS2/c1-3-13-8-9-14(19-13)11-15(18-2)17-10-12-6-4-5-7-16(12)20-17/h4-10,15,18H,3,11H2,1-2H3. The highest BCUT2D eigenvalue weighted by Gasteiger charge is 2.14. The van der Waals surface area contributed by atoms with E-state index in [0.717, 1.165) is 12.8 Å². The molecular formula is C17H19NS2. The van der Waals surface area contributed by atoms with E-state index in [-0.39, 0.29) is 0 Å². The Labute approximate surface area is 128 Å². The zero-order valence-corrected chi connectivity index (χ0v) is 13.5. The molecule has 3 heteroatoms. The molecule has 1 N–H and O–H groups in total. The molecule has 2 aromatic heterocycles. The normalized spacial score (nSPS) is 12.9. The van der Waals surface area contributed by atoms with Gasteiger partial charge in [-0.3, -0.25) is 0 Å². The van der Waals surface area contributed by atoms with Crippen molar-refractivity contribution >= 4 is 32.8 Å². The summed E-state index contributed by atoms with van der Waals surface area (Å²) < 4.78 is 1.38. The fraction of sp³-hybridized carbons (Fsp3) is 0.294. The zero-order chi connectivity index (χ0) is 13.9. The quantitative estimate of drug-likeness (QED) is 0.697. The van der Waals surface area contributed by atoms with Crippen molar-refractivity contribution in [1.29, 1.82) is 0 Å². The second kappa shape index (κ2) is 6.08. The van der Waals surface area contributed by atoms with Gasteiger partial charge in [-0.25, -0.2) is 0 Å². The number of aryl methyl sites for hydroxylation is 1. The lowest BCUT2D eigenvalue weighted by Crippen LogP contribution is -2.17. The van der Waals surface area contributed by atoms with E-state index in [4.69, 9.17) is 0 Å². The van der Waals surface area contributed by atoms with Gasteiger partial charge >= 0.3 is 0 Å². The molecule has 1 nitrogen and oxygen atoms in total. The van der Waals surface area contributed by atoms with Crippen molar-refractivity contribution in [1.82, 2.24) is 5.32 Å². The Hall–Kier alpha value is -1.16. The predicted molar refractivity (Wildman–Crippen MR) is 91.0 cm³/mol. The molecule has 1 atom stereocenters. The molecule has 0 spiro atoms. The van der Waals surface area contributed by atoms with Crippen LogP contribution >= 0.6 is 22.7 Å². The highest BCUT2D eigenvalue weighted by molar-refractivity contribution is 7.19. The van der Waals surface area contributed by atoms with Crippen LogP contribution in [0.25, 0.3) is 10.1 Å². The third-order valence-electron chi connectivity index (χ3n) is 3.61. The van der Waals surface area contributed by atoms with E-state index < -0.39 is 0 Å². The molecule has 0 saturated carbocycles. The van der Waals surface area contributed by atoms with Gasteiger partial charge in [-0.05, 0) is 43.1 Å². The molecule has 20 heavy (non-hydrogen) atoms. The summed E-state index contributed by atoms with van der Waals surface area (Å²) in [5, 5.41) is 4.83. The molecule has 0 aliphatic heterocycles. The van der Waals surface area contributed by atoms with Crippen LogP contribution in [-0.4, -0.2) is 7.05 Å². The zero-order valence-electron chi connectivity index (χ0n) is 11.8. The number of hydrogen-bond donors (Lipinski definition) is 1. The van der Waals surface area contributed by atoms with Crippen LogP contribution in [0.4, 0.5) is 0 Å². The third-order valence-corrected chi connectivity index (χ3v) is 6.09. The summed E-state index contributed by atoms with van der Waals surface area (Å²) in [6, 6.07) is 15.9. The molecule has 1 unspecified atom stereocenters. The smallest absolute Gasteiger partial charge is 0.0461 e. The van der Waals surface area contributed by atoms with Gasteiger partial charge in [-0.2, -0.15) is 0 Å². The van der Waals surface area contributed by atoms with Crippen LogP contribution in [0.1, 0.15) is 27.6 Å². The van der Waals surface area contributed by atoms with E-state index >= 15 is 0 Å². The summed E-state index contributed by atoms with van der Waals surface area (Å²) in [5.41, 5.74) is 0. The van der Waals surface area contributed by atoms with Crippen LogP contribution in [0.2, 0.25) is 0 Å². The second-order valence-corrected chi connectivity index (χ2v) is 7.32. The van der Waals surface area contributed by atoms with E-state index in [1.165, 1.54) is 24.7 Å². The van der Waals surface area contributed by atoms with Gasteiger partial charge in [0.05, 0.1) is 0 Å². The first-order chi connectivity index (χ1) is 9.80. The number of rotatable bonds is 5. The fourth-order valence-electron chi connectivity index (χ4n) is 2.44. The minimum atomic E-state index is 0.413. The van der Waals surface area contributed by atoms with Gasteiger partial charge in [0, 0.05) is 31.8 Å². The molecule has 0 fully saturated rings. The van der Waals surface area contributed by atoms with Gasteiger partial charge in [0.1, 0.15) is 0 Å². The van der Waals surface area contributed by atoms with E-state index in [1.54, 1.807) is 0 Å². The monoisotopic (exact) mass is 301 g/mol. The molecular weight excluding hydrogens is 282 g/mol. The first kappa shape index (κ1) is 13.8. The van der Waals surface area contributed by atoms with Crippen molar-refractivity contribution in [2.45, 2.75) is 25.8 Å². The molecule has 0 bridgehead atoms. The van der Waals surface area contributed by atoms with Crippen molar-refractivity contribution in [3.05, 3.63) is 57.1 Å². The summed E-state index contributed by atoms with van der Waals surface area (Å²) in [7, 11) is 2.06. The highest BCUT2D eigenvalue weighted by Crippen LogP contribution is 2.32. The van der Waals surface area contributed by atoms with Crippen LogP contribution in [0, 0.1) is 0 Å². The summed E-state index contributed by atoms with van der Waals surface area (Å²) in [5.74, 6) is 0. The number of nitrogens with one attached hydrogen (secondary N) is 1. The van der Waals surface area contributed by atoms with E-state index in [1.807, 2.05) is 22.7 Å². The summed E-state index contributed by atoms with van der Waals surface area (Å²) in [6.07, 6.45) is 2.21. The maximum Gasteiger partial charge on any atom is 0.0461 e. The van der Waals surface area contributed by atoms with Crippen LogP contribution in [0.3, 0.4) is 0 Å². The Bertz CT molecular complexity index is 663. The van der Waals surface area contributed by atoms with E-state index in [0.29, 0.717) is 6.04 Å². The van der Waals surface area contributed by atoms with Crippen molar-refractivity contribution in [3.8, 4) is 0 Å². The molecule has 0 aliphatic rings. The summed E-state index contributed by atoms with van der Waals surface area (Å²) >= 11 is 3.85. The molecule has 0 aliphatic carbocycles. The number of hydrogen-bond acceptors (Lipinski definition) is 3. The van der Waals surface area contributed by atoms with Crippen molar-refractivity contribution in [2.24, 2.45) is 0 Å². The van der Waals surface area contributed by atoms with Crippen molar-refractivity contribution in [2.75, 3.05) is 7.05 Å². The molecule has 3 rings (SSSR count). The number of fused-ring (bicyclic) bond motifs is 1. The first-order valence-electron chi connectivity index (χ1n) is 7.03. The van der Waals surface area contributed by atoms with Gasteiger partial charge in [0.25, 0.3) is 0 Å². The van der Waals surface area contributed by atoms with Crippen LogP contribution in [0.5, 0.6) is 0 Å². The Morgan fingerprint density at radius 2 is 1.85 bits per heavy atom. The second-order valence-electron chi connectivity index (χ2n) is 4.95. The van der Waals surface area contributed by atoms with Crippen LogP contribution in [0.15, 0.2) is 42.5 Å². The number of likely N-dealkylation sites (N-methyl/N-ethyl adjacent to an activating group) is 1. The summed E-state index contributed by atoms with van der Waals surface area (Å²) in [6.45, 7) is 2.22. The third kappa shape index (κ3) is 2.80. The molecule has 1 aromatic carbocycles. The number of benzene rings is 1. The topological polar surface area (TPSA) is 12.0 Å². The SMILES string of the molecule is CCc1ccc(CC(NC)c2cc3ccccc3s2)s1. The van der Waals surface area contributed by atoms with Crippen LogP contribution in [-0.2, 0) is 12.8 Å². The maximum atomic E-state index is 3.47. The summed E-state index contributed by atoms with van der Waals surface area (Å²) in [4.78, 5) is 4.38. The predicted octanol–water partition coefficient (Wildman–Crippen LogP) is 5.03. The molecule has 104 valence electrons. The lowest BCUT2D eigenvalue weighted by atomic mass is 10.1. The van der Waals surface area contributed by atoms with E-state index in [2.05, 4.69) is 61.8 Å². The van der Waals surface area contributed by atoms with Crippen molar-refractivity contribution < 1.29 is 0 Å². The highest BCUT2D eigenvalue weighted by atomic mass is 32.1. The maximum absolute atomic E-state index is 3.47. The molecule has 3 aromatic rings. The van der Waals surface area contributed by atoms with Crippen molar-refractivity contribution in [3.63, 3.8) is 0 Å². The molecule has 0 amide bonds. The largest absolute Gasteiger partial charge is 0.312 e. The lowest BCUT2D eigenvalue weighted by molar-refractivity contribution is 0.607. The minimum absolute atomic E-state index is 0.413. The lowest BCUT2D eigenvalue weighted by Gasteiger charge is -2.13. The Kier molecular flexibility index (Phi) is 4.20. The Morgan fingerprint density at radius 3 is 2.55 bits per heavy atom. The molecule has 0 radical (unpaired) electrons. The average Bonchev–Trinajstić information content (AvgIpc) is 3.10. The molecule has 0 saturated heterocycles. The fourth-order valence-corrected chi connectivity index (χ4v) is 4.62. The van der Waals surface area contributed by atoms with Gasteiger partial charge < -0.3 is 5.32 Å². The Morgan fingerprint density at radius 1 is 1.05 bits per heavy atom. The van der Waals surface area contributed by atoms with Gasteiger partial charge in [0.15, 0.2) is 0 Å². The minimum Gasteiger partial charge on any atom is -0.312 e. The first-order valence-corrected chi connectivity index (χ1v) is 8.66. The van der Waals surface area contributed by atoms with Crippen LogP contribution < -0.4 is 5.32 Å². The average molecular weight is 301 g/mol. The van der Waals surface area contributed by atoms with Gasteiger partial charge in [-0.1, -0.05) is 25.1 Å².